The number of hydrogen-bond acceptors (Lipinski definition) is 16. The number of amides is 2. The Kier molecular flexibility index (Phi) is 22.6. The Balaban J connectivity index is 0.626. The summed E-state index contributed by atoms with van der Waals surface area (Å²) in [5, 5.41) is 22.5. The first kappa shape index (κ1) is 61.0. The maximum atomic E-state index is 14.2. The van der Waals surface area contributed by atoms with Crippen LogP contribution in [0.3, 0.4) is 0 Å². The number of ether oxygens (including phenoxy) is 4. The zero-order valence-electron chi connectivity index (χ0n) is 48.9. The predicted octanol–water partition coefficient (Wildman–Crippen LogP) is 9.94. The third-order valence-corrected chi connectivity index (χ3v) is 17.5. The summed E-state index contributed by atoms with van der Waals surface area (Å²) in [4.78, 5) is 60.3. The van der Waals surface area contributed by atoms with E-state index >= 15 is 0 Å². The predicted molar refractivity (Wildman–Crippen MR) is 324 cm³/mol. The standard InChI is InChI=1S/C64H85N11O7S/c1-45(65-3)43-67-57(47-16-7-5-8-17-47)62(78)75-31-14-24-55(75)61-68-44-56(83-61)58(76)50-19-13-23-54(42-50)82-39-38-80-36-15-35-79-34-9-6-10-37-81-53-22-12-18-49(41-53)46(2)69-60(77)51-20-11-21-52(40-51)71-64(27-32-74(4)33-28-64)63-70-59(72-73-63)48-25-29-66-30-26-48/h11-13,18-23,25-26,29-30,40-42,44-47,55,57,65,67,71H,5-10,14-17,24,27-28,31-39,43H2,1-4H3,(H,69,77)(H,70,72,73)/t45-,46+,55-,57-/m0/s1. The van der Waals surface area contributed by atoms with Crippen LogP contribution in [0.4, 0.5) is 5.69 Å². The maximum Gasteiger partial charge on any atom is 0.251 e. The van der Waals surface area contributed by atoms with Gasteiger partial charge in [0.2, 0.25) is 11.7 Å². The molecule has 19 heteroatoms. The first-order chi connectivity index (χ1) is 40.6. The number of carbonyl (C=O) groups excluding carboxylic acids is 3. The van der Waals surface area contributed by atoms with Crippen LogP contribution in [0.1, 0.15) is 151 Å². The van der Waals surface area contributed by atoms with Crippen molar-refractivity contribution in [3.63, 3.8) is 0 Å². The number of likely N-dealkylation sites (tertiary alicyclic amines) is 2. The first-order valence-electron chi connectivity index (χ1n) is 30.1. The van der Waals surface area contributed by atoms with Crippen molar-refractivity contribution < 1.29 is 33.3 Å². The van der Waals surface area contributed by atoms with Gasteiger partial charge in [0.1, 0.15) is 23.1 Å². The minimum atomic E-state index is -0.482. The molecule has 3 fully saturated rings. The molecule has 3 aliphatic rings. The van der Waals surface area contributed by atoms with Crippen molar-refractivity contribution in [2.24, 2.45) is 5.92 Å². The van der Waals surface area contributed by atoms with E-state index in [9.17, 15) is 14.4 Å². The smallest absolute Gasteiger partial charge is 0.251 e. The summed E-state index contributed by atoms with van der Waals surface area (Å²) in [5.41, 5.74) is 3.31. The molecule has 444 valence electrons. The fourth-order valence-corrected chi connectivity index (χ4v) is 12.4. The van der Waals surface area contributed by atoms with Crippen molar-refractivity contribution in [2.45, 2.75) is 127 Å². The highest BCUT2D eigenvalue weighted by molar-refractivity contribution is 7.14. The summed E-state index contributed by atoms with van der Waals surface area (Å²) in [5.74, 6) is 3.02. The number of H-pyrrole nitrogens is 1. The molecular weight excluding hydrogens is 1070 g/mol. The lowest BCUT2D eigenvalue weighted by Gasteiger charge is -2.40. The van der Waals surface area contributed by atoms with E-state index in [0.717, 1.165) is 117 Å². The van der Waals surface area contributed by atoms with Crippen LogP contribution in [0.5, 0.6) is 11.5 Å². The number of carbonyl (C=O) groups is 3. The summed E-state index contributed by atoms with van der Waals surface area (Å²) >= 11 is 1.40. The number of aromatic amines is 1. The van der Waals surface area contributed by atoms with Crippen molar-refractivity contribution in [1.29, 1.82) is 0 Å². The Morgan fingerprint density at radius 1 is 0.771 bits per heavy atom. The number of benzene rings is 3. The first-order valence-corrected chi connectivity index (χ1v) is 30.9. The SMILES string of the molecule is CN[C@@H](C)CN[C@H](C(=O)N1CCC[C@H]1c1ncc(C(=O)c2cccc(OCCOCCCOCCCCCOc3cccc([C@@H](C)NC(=O)c4cccc(NC5(c6nc(-c7ccncc7)n[nH]6)CCN(C)CC5)c4)c3)c2)s1)C1CCCCC1. The molecule has 9 rings (SSSR count). The van der Waals surface area contributed by atoms with Crippen LogP contribution in [0.2, 0.25) is 0 Å². The number of anilines is 1. The molecule has 1 saturated carbocycles. The molecule has 0 radical (unpaired) electrons. The van der Waals surface area contributed by atoms with E-state index in [1.807, 2.05) is 91.7 Å². The normalized spacial score (nSPS) is 17.6. The van der Waals surface area contributed by atoms with Crippen LogP contribution in [0.25, 0.3) is 11.4 Å². The number of ketones is 1. The van der Waals surface area contributed by atoms with Gasteiger partial charge >= 0.3 is 0 Å². The van der Waals surface area contributed by atoms with Crippen LogP contribution in [-0.4, -0.2) is 145 Å². The highest BCUT2D eigenvalue weighted by Gasteiger charge is 2.41. The van der Waals surface area contributed by atoms with Gasteiger partial charge in [0.15, 0.2) is 11.6 Å². The number of aromatic nitrogens is 5. The lowest BCUT2D eigenvalue weighted by atomic mass is 9.83. The fraction of sp³-hybridized carbons (Fsp3) is 0.516. The molecule has 4 atom stereocenters. The number of likely N-dealkylation sites (N-methyl/N-ethyl adjacent to an activating group) is 1. The van der Waals surface area contributed by atoms with Crippen LogP contribution >= 0.6 is 11.3 Å². The molecule has 1 aliphatic carbocycles. The van der Waals surface area contributed by atoms with Gasteiger partial charge < -0.3 is 50.0 Å². The number of hydrogen-bond donors (Lipinski definition) is 5. The molecule has 0 unspecified atom stereocenters. The minimum absolute atomic E-state index is 0.106. The molecule has 2 amide bonds. The molecule has 2 aliphatic heterocycles. The van der Waals surface area contributed by atoms with E-state index in [4.69, 9.17) is 28.9 Å². The van der Waals surface area contributed by atoms with E-state index in [-0.39, 0.29) is 41.8 Å². The highest BCUT2D eigenvalue weighted by atomic mass is 32.1. The van der Waals surface area contributed by atoms with Gasteiger partial charge in [-0.1, -0.05) is 49.6 Å². The Morgan fingerprint density at radius 3 is 2.30 bits per heavy atom. The maximum absolute atomic E-state index is 14.2. The van der Waals surface area contributed by atoms with Gasteiger partial charge in [-0.3, -0.25) is 24.5 Å². The summed E-state index contributed by atoms with van der Waals surface area (Å²) in [6.07, 6.45) is 17.9. The van der Waals surface area contributed by atoms with Gasteiger partial charge in [-0.05, 0) is 158 Å². The second kappa shape index (κ2) is 30.8. The monoisotopic (exact) mass is 1150 g/mol. The number of rotatable bonds is 31. The largest absolute Gasteiger partial charge is 0.494 e. The molecule has 0 bridgehead atoms. The highest BCUT2D eigenvalue weighted by Crippen LogP contribution is 2.38. The second-order valence-electron chi connectivity index (χ2n) is 22.5. The molecule has 3 aromatic carbocycles. The molecule has 0 spiro atoms. The van der Waals surface area contributed by atoms with E-state index < -0.39 is 5.54 Å². The Bertz CT molecular complexity index is 2980. The average molecular weight is 1150 g/mol. The number of nitrogens with one attached hydrogen (secondary N) is 5. The van der Waals surface area contributed by atoms with Gasteiger partial charge in [0.25, 0.3) is 5.91 Å². The van der Waals surface area contributed by atoms with Crippen LogP contribution in [-0.2, 0) is 19.8 Å². The molecule has 5 N–H and O–H groups in total. The van der Waals surface area contributed by atoms with Gasteiger partial charge in [-0.25, -0.2) is 9.97 Å². The molecule has 83 heavy (non-hydrogen) atoms. The Labute approximate surface area is 493 Å². The topological polar surface area (TPSA) is 210 Å². The summed E-state index contributed by atoms with van der Waals surface area (Å²) in [6.45, 7) is 10.6. The lowest BCUT2D eigenvalue weighted by molar-refractivity contribution is -0.136. The van der Waals surface area contributed by atoms with E-state index in [1.54, 1.807) is 30.7 Å². The number of unbranched alkanes of at least 4 members (excludes halogenated alkanes) is 2. The summed E-state index contributed by atoms with van der Waals surface area (Å²) in [7, 11) is 4.08. The van der Waals surface area contributed by atoms with Gasteiger partial charge in [0, 0.05) is 93.0 Å². The second-order valence-corrected chi connectivity index (χ2v) is 23.6. The summed E-state index contributed by atoms with van der Waals surface area (Å²) in [6, 6.07) is 26.3. The van der Waals surface area contributed by atoms with Gasteiger partial charge in [-0.2, -0.15) is 5.10 Å². The van der Waals surface area contributed by atoms with Crippen molar-refractivity contribution in [3.8, 4) is 22.9 Å². The van der Waals surface area contributed by atoms with Crippen LogP contribution in [0, 0.1) is 5.92 Å². The molecule has 18 nitrogen and oxygen atoms in total. The number of thiazole rings is 1. The van der Waals surface area contributed by atoms with Crippen LogP contribution < -0.4 is 30.7 Å². The van der Waals surface area contributed by atoms with E-state index in [2.05, 4.69) is 55.3 Å². The molecule has 5 heterocycles. The van der Waals surface area contributed by atoms with Gasteiger partial charge in [-0.15, -0.1) is 11.3 Å². The average Bonchev–Trinajstić information content (AvgIpc) is 4.56. The number of piperidine rings is 1. The zero-order valence-corrected chi connectivity index (χ0v) is 49.7. The Hall–Kier alpha value is -6.61. The molecule has 3 aromatic heterocycles. The summed E-state index contributed by atoms with van der Waals surface area (Å²) < 4.78 is 23.8. The van der Waals surface area contributed by atoms with Crippen molar-refractivity contribution >= 4 is 34.6 Å². The Morgan fingerprint density at radius 2 is 1.49 bits per heavy atom. The number of nitrogens with zero attached hydrogens (tertiary/aromatic N) is 6. The third kappa shape index (κ3) is 17.0. The van der Waals surface area contributed by atoms with E-state index in [0.29, 0.717) is 79.7 Å². The zero-order chi connectivity index (χ0) is 57.8. The molecule has 2 saturated heterocycles. The molecular formula is C64H85N11O7S. The minimum Gasteiger partial charge on any atom is -0.494 e. The molecule has 6 aromatic rings. The fourth-order valence-electron chi connectivity index (χ4n) is 11.3. The third-order valence-electron chi connectivity index (χ3n) is 16.4. The lowest BCUT2D eigenvalue weighted by Crippen LogP contribution is -2.53. The quantitative estimate of drug-likeness (QED) is 0.0203. The number of pyridine rings is 1. The van der Waals surface area contributed by atoms with Gasteiger partial charge in [0.05, 0.1) is 41.8 Å². The van der Waals surface area contributed by atoms with Crippen molar-refractivity contribution in [3.05, 3.63) is 136 Å². The van der Waals surface area contributed by atoms with E-state index in [1.165, 1.54) is 30.6 Å². The van der Waals surface area contributed by atoms with Crippen molar-refractivity contribution in [1.82, 2.24) is 50.9 Å². The van der Waals surface area contributed by atoms with Crippen LogP contribution in [0.15, 0.2) is 104 Å². The van der Waals surface area contributed by atoms with Crippen molar-refractivity contribution in [2.75, 3.05) is 85.2 Å².